The second-order valence-corrected chi connectivity index (χ2v) is 5.17. The number of rotatable bonds is 5. The van der Waals surface area contributed by atoms with Gasteiger partial charge in [0.15, 0.2) is 0 Å². The summed E-state index contributed by atoms with van der Waals surface area (Å²) in [6.07, 6.45) is 0. The maximum absolute atomic E-state index is 12.0. The molecule has 1 rings (SSSR count). The molecule has 0 bridgehead atoms. The lowest BCUT2D eigenvalue weighted by Gasteiger charge is -2.14. The van der Waals surface area contributed by atoms with E-state index in [0.717, 1.165) is 0 Å². The van der Waals surface area contributed by atoms with Crippen molar-refractivity contribution in [2.45, 2.75) is 6.92 Å². The molecule has 0 aliphatic heterocycles. The van der Waals surface area contributed by atoms with E-state index in [1.165, 1.54) is 5.82 Å². The largest absolute Gasteiger partial charge is 0.422 e. The van der Waals surface area contributed by atoms with Crippen molar-refractivity contribution in [3.05, 3.63) is 40.2 Å². The first kappa shape index (κ1) is 12.7. The van der Waals surface area contributed by atoms with Crippen LogP contribution >= 0.6 is 30.2 Å². The Kier molecular flexibility index (Phi) is 5.36. The van der Waals surface area contributed by atoms with Gasteiger partial charge in [0.1, 0.15) is 5.75 Å². The smallest absolute Gasteiger partial charge is 0.404 e. The highest BCUT2D eigenvalue weighted by Gasteiger charge is 2.21. The van der Waals surface area contributed by atoms with Crippen LogP contribution in [0.4, 0.5) is 0 Å². The molecule has 0 radical (unpaired) electrons. The van der Waals surface area contributed by atoms with E-state index in [1.54, 1.807) is 23.1 Å². The molecule has 15 heavy (non-hydrogen) atoms. The number of halogens is 1. The fraction of sp³-hybridized carbons (Fsp3) is 0.200. The molecule has 1 atom stereocenters. The average Bonchev–Trinajstić information content (AvgIpc) is 2.19. The minimum atomic E-state index is -3.13. The third-order valence-corrected chi connectivity index (χ3v) is 4.05. The van der Waals surface area contributed by atoms with E-state index in [4.69, 9.17) is 9.05 Å². The van der Waals surface area contributed by atoms with Gasteiger partial charge in [-0.3, -0.25) is 4.52 Å². The molecule has 1 unspecified atom stereocenters. The third kappa shape index (κ3) is 4.36. The molecule has 0 aliphatic carbocycles. The van der Waals surface area contributed by atoms with E-state index in [0.29, 0.717) is 12.4 Å². The Balaban J connectivity index is 2.80. The minimum absolute atomic E-state index is 0.352. The molecular weight excluding hydrogens is 326 g/mol. The highest BCUT2D eigenvalue weighted by molar-refractivity contribution is 14.1. The van der Waals surface area contributed by atoms with Gasteiger partial charge in [-0.1, -0.05) is 40.8 Å². The van der Waals surface area contributed by atoms with Crippen LogP contribution in [0.15, 0.2) is 40.2 Å². The average molecular weight is 338 g/mol. The van der Waals surface area contributed by atoms with Crippen LogP contribution in [-0.4, -0.2) is 6.61 Å². The van der Waals surface area contributed by atoms with E-state index in [9.17, 15) is 4.57 Å². The first-order chi connectivity index (χ1) is 7.20. The monoisotopic (exact) mass is 338 g/mol. The molecule has 82 valence electrons. The highest BCUT2D eigenvalue weighted by atomic mass is 127. The van der Waals surface area contributed by atoms with E-state index >= 15 is 0 Å². The highest BCUT2D eigenvalue weighted by Crippen LogP contribution is 2.49. The predicted molar refractivity (Wildman–Crippen MR) is 69.5 cm³/mol. The Morgan fingerprint density at radius 2 is 2.07 bits per heavy atom. The van der Waals surface area contributed by atoms with Crippen LogP contribution in [-0.2, 0) is 9.09 Å². The summed E-state index contributed by atoms with van der Waals surface area (Å²) >= 11 is 1.98. The van der Waals surface area contributed by atoms with Crippen LogP contribution in [0.1, 0.15) is 6.92 Å². The van der Waals surface area contributed by atoms with Crippen LogP contribution in [0.3, 0.4) is 0 Å². The zero-order valence-corrected chi connectivity index (χ0v) is 11.4. The summed E-state index contributed by atoms with van der Waals surface area (Å²) in [5.74, 6) is 1.99. The van der Waals surface area contributed by atoms with Crippen molar-refractivity contribution >= 4 is 30.2 Å². The Labute approximate surface area is 103 Å². The topological polar surface area (TPSA) is 35.5 Å². The summed E-state index contributed by atoms with van der Waals surface area (Å²) < 4.78 is 24.1. The van der Waals surface area contributed by atoms with Gasteiger partial charge in [-0.15, -0.1) is 0 Å². The number of benzene rings is 1. The Morgan fingerprint density at radius 1 is 1.40 bits per heavy atom. The molecule has 5 heteroatoms. The maximum atomic E-state index is 12.0. The fourth-order valence-electron chi connectivity index (χ4n) is 0.977. The summed E-state index contributed by atoms with van der Waals surface area (Å²) in [4.78, 5) is 0. The van der Waals surface area contributed by atoms with Gasteiger partial charge < -0.3 is 4.52 Å². The van der Waals surface area contributed by atoms with E-state index in [2.05, 4.69) is 0 Å². The SMILES string of the molecule is CCOP(=O)(/C=C/I)Oc1ccccc1. The summed E-state index contributed by atoms with van der Waals surface area (Å²) in [7, 11) is -3.13. The van der Waals surface area contributed by atoms with Crippen LogP contribution in [0.5, 0.6) is 5.75 Å². The second-order valence-electron chi connectivity index (χ2n) is 2.64. The lowest BCUT2D eigenvalue weighted by atomic mass is 10.3. The maximum Gasteiger partial charge on any atom is 0.404 e. The molecular formula is C10H12IO3P. The Morgan fingerprint density at radius 3 is 2.60 bits per heavy atom. The van der Waals surface area contributed by atoms with Gasteiger partial charge in [-0.2, -0.15) is 0 Å². The van der Waals surface area contributed by atoms with Gasteiger partial charge in [0.2, 0.25) is 0 Å². The van der Waals surface area contributed by atoms with Crippen LogP contribution < -0.4 is 4.52 Å². The number of hydrogen-bond acceptors (Lipinski definition) is 3. The predicted octanol–water partition coefficient (Wildman–Crippen LogP) is 4.20. The van der Waals surface area contributed by atoms with Crippen LogP contribution in [0, 0.1) is 0 Å². The fourth-order valence-corrected chi connectivity index (χ4v) is 3.27. The first-order valence-corrected chi connectivity index (χ1v) is 7.33. The Bertz CT molecular complexity index is 364. The van der Waals surface area contributed by atoms with Crippen molar-refractivity contribution in [2.75, 3.05) is 6.61 Å². The van der Waals surface area contributed by atoms with E-state index in [-0.39, 0.29) is 0 Å². The van der Waals surface area contributed by atoms with Crippen molar-refractivity contribution < 1.29 is 13.6 Å². The molecule has 0 aromatic heterocycles. The lowest BCUT2D eigenvalue weighted by Crippen LogP contribution is -1.95. The summed E-state index contributed by atoms with van der Waals surface area (Å²) in [6, 6.07) is 8.99. The van der Waals surface area contributed by atoms with Crippen LogP contribution in [0.2, 0.25) is 0 Å². The summed E-state index contributed by atoms with van der Waals surface area (Å²) in [6.45, 7) is 2.13. The molecule has 0 N–H and O–H groups in total. The van der Waals surface area contributed by atoms with Crippen molar-refractivity contribution in [2.24, 2.45) is 0 Å². The van der Waals surface area contributed by atoms with Crippen molar-refractivity contribution in [1.82, 2.24) is 0 Å². The van der Waals surface area contributed by atoms with Gasteiger partial charge in [-0.25, -0.2) is 4.57 Å². The summed E-state index contributed by atoms with van der Waals surface area (Å²) in [5, 5.41) is 0. The zero-order chi connectivity index (χ0) is 11.1. The standard InChI is InChI=1S/C10H12IO3P/c1-2-13-15(12,9-8-11)14-10-6-4-3-5-7-10/h3-9H,2H2,1H3/b9-8+. The van der Waals surface area contributed by atoms with Crippen molar-refractivity contribution in [3.63, 3.8) is 0 Å². The third-order valence-electron chi connectivity index (χ3n) is 1.52. The van der Waals surface area contributed by atoms with Gasteiger partial charge >= 0.3 is 7.60 Å². The van der Waals surface area contributed by atoms with Crippen LogP contribution in [0.25, 0.3) is 0 Å². The van der Waals surface area contributed by atoms with Gasteiger partial charge in [0.05, 0.1) is 6.61 Å². The lowest BCUT2D eigenvalue weighted by molar-refractivity contribution is 0.288. The molecule has 0 fully saturated rings. The van der Waals surface area contributed by atoms with Crippen molar-refractivity contribution in [1.29, 1.82) is 0 Å². The molecule has 0 saturated heterocycles. The molecule has 0 saturated carbocycles. The van der Waals surface area contributed by atoms with Crippen molar-refractivity contribution in [3.8, 4) is 5.75 Å². The first-order valence-electron chi connectivity index (χ1n) is 4.47. The molecule has 0 heterocycles. The Hall–Kier alpha value is -0.320. The number of hydrogen-bond donors (Lipinski definition) is 0. The minimum Gasteiger partial charge on any atom is -0.422 e. The van der Waals surface area contributed by atoms with E-state index in [1.807, 2.05) is 40.8 Å². The molecule has 3 nitrogen and oxygen atoms in total. The normalized spacial score (nSPS) is 15.1. The molecule has 0 aliphatic rings. The summed E-state index contributed by atoms with van der Waals surface area (Å²) in [5.41, 5.74) is 0. The molecule has 1 aromatic carbocycles. The molecule has 1 aromatic rings. The van der Waals surface area contributed by atoms with Gasteiger partial charge in [-0.05, 0) is 23.1 Å². The zero-order valence-electron chi connectivity index (χ0n) is 8.30. The molecule has 0 spiro atoms. The van der Waals surface area contributed by atoms with E-state index < -0.39 is 7.60 Å². The van der Waals surface area contributed by atoms with Gasteiger partial charge in [0, 0.05) is 5.82 Å². The quantitative estimate of drug-likeness (QED) is 0.596. The second kappa shape index (κ2) is 6.30. The number of para-hydroxylation sites is 1. The van der Waals surface area contributed by atoms with Gasteiger partial charge in [0.25, 0.3) is 0 Å². The molecule has 0 amide bonds.